The van der Waals surface area contributed by atoms with Gasteiger partial charge in [0.25, 0.3) is 10.0 Å². The molecule has 3 aliphatic rings. The van der Waals surface area contributed by atoms with Crippen molar-refractivity contribution in [2.45, 2.75) is 70.4 Å². The van der Waals surface area contributed by atoms with Gasteiger partial charge in [-0.15, -0.1) is 0 Å². The van der Waals surface area contributed by atoms with Crippen LogP contribution >= 0.6 is 0 Å². The number of aromatic nitrogens is 5. The molecular formula is C34H37FN6O4S. The minimum absolute atomic E-state index is 0.0634. The first-order valence-electron chi connectivity index (χ1n) is 15.9. The second-order valence-corrected chi connectivity index (χ2v) is 14.6. The molecule has 0 spiro atoms. The number of aryl methyl sites for hydroxylation is 1. The van der Waals surface area contributed by atoms with E-state index in [1.54, 1.807) is 12.1 Å². The summed E-state index contributed by atoms with van der Waals surface area (Å²) in [6.45, 7) is 8.11. The van der Waals surface area contributed by atoms with Crippen molar-refractivity contribution in [3.63, 3.8) is 0 Å². The molecule has 3 saturated carbocycles. The van der Waals surface area contributed by atoms with Gasteiger partial charge in [-0.1, -0.05) is 17.7 Å². The van der Waals surface area contributed by atoms with E-state index in [9.17, 15) is 17.6 Å². The van der Waals surface area contributed by atoms with E-state index >= 15 is 0 Å². The van der Waals surface area contributed by atoms with E-state index in [0.29, 0.717) is 23.6 Å². The number of fused-ring (bicyclic) bond motifs is 5. The zero-order chi connectivity index (χ0) is 32.3. The van der Waals surface area contributed by atoms with E-state index in [-0.39, 0.29) is 57.6 Å². The Morgan fingerprint density at radius 2 is 1.76 bits per heavy atom. The van der Waals surface area contributed by atoms with Crippen LogP contribution in [0.15, 0.2) is 59.9 Å². The van der Waals surface area contributed by atoms with Gasteiger partial charge in [0, 0.05) is 35.4 Å². The second kappa shape index (κ2) is 11.5. The lowest BCUT2D eigenvalue weighted by Gasteiger charge is -2.47. The summed E-state index contributed by atoms with van der Waals surface area (Å²) in [6.07, 6.45) is 8.39. The number of anilines is 1. The van der Waals surface area contributed by atoms with Crippen LogP contribution in [0.3, 0.4) is 0 Å². The minimum atomic E-state index is -4.09. The summed E-state index contributed by atoms with van der Waals surface area (Å²) in [7, 11) is -4.09. The summed E-state index contributed by atoms with van der Waals surface area (Å²) in [5.74, 6) is 0.174. The van der Waals surface area contributed by atoms with E-state index in [1.165, 1.54) is 24.4 Å². The molecule has 1 aromatic carbocycles. The van der Waals surface area contributed by atoms with Crippen LogP contribution in [0.1, 0.15) is 58.1 Å². The normalized spacial score (nSPS) is 21.3. The van der Waals surface area contributed by atoms with Gasteiger partial charge in [0.2, 0.25) is 0 Å². The molecule has 3 aliphatic carbocycles. The fraction of sp³-hybridized carbons (Fsp3) is 0.412. The third kappa shape index (κ3) is 5.03. The third-order valence-corrected chi connectivity index (χ3v) is 11.3. The number of carbonyl (C=O) groups is 1. The van der Waals surface area contributed by atoms with E-state index < -0.39 is 15.8 Å². The van der Waals surface area contributed by atoms with Gasteiger partial charge in [-0.05, 0) is 89.5 Å². The Hall–Kier alpha value is -4.32. The molecule has 2 atom stereocenters. The Bertz CT molecular complexity index is 2060. The fourth-order valence-corrected chi connectivity index (χ4v) is 8.64. The summed E-state index contributed by atoms with van der Waals surface area (Å²) < 4.78 is 51.1. The lowest BCUT2D eigenvalue weighted by molar-refractivity contribution is -0.154. The van der Waals surface area contributed by atoms with Crippen molar-refractivity contribution >= 4 is 43.9 Å². The largest absolute Gasteiger partial charge is 0.466 e. The third-order valence-electron chi connectivity index (χ3n) is 9.61. The van der Waals surface area contributed by atoms with Crippen LogP contribution < -0.4 is 5.32 Å². The van der Waals surface area contributed by atoms with E-state index in [0.717, 1.165) is 46.8 Å². The van der Waals surface area contributed by atoms with Gasteiger partial charge in [-0.3, -0.25) is 4.79 Å². The summed E-state index contributed by atoms with van der Waals surface area (Å²) in [5, 5.41) is 4.70. The number of hydrogen-bond acceptors (Lipinski definition) is 8. The number of hydrogen-bond donors (Lipinski definition) is 1. The average Bonchev–Trinajstić information content (AvgIpc) is 3.64. The van der Waals surface area contributed by atoms with Crippen molar-refractivity contribution in [2.75, 3.05) is 11.9 Å². The van der Waals surface area contributed by atoms with Gasteiger partial charge < -0.3 is 14.6 Å². The first-order chi connectivity index (χ1) is 22.1. The van der Waals surface area contributed by atoms with Gasteiger partial charge in [0.05, 0.1) is 29.0 Å². The molecule has 0 amide bonds. The van der Waals surface area contributed by atoms with Crippen LogP contribution in [0.25, 0.3) is 33.5 Å². The van der Waals surface area contributed by atoms with Crippen LogP contribution in [-0.4, -0.2) is 50.5 Å². The number of rotatable bonds is 8. The number of nitrogens with zero attached hydrogens (tertiary/aromatic N) is 5. The first kappa shape index (κ1) is 30.3. The van der Waals surface area contributed by atoms with Crippen LogP contribution in [0, 0.1) is 30.5 Å². The monoisotopic (exact) mass is 644 g/mol. The lowest BCUT2D eigenvalue weighted by Crippen LogP contribution is -2.52. The predicted octanol–water partition coefficient (Wildman–Crippen LogP) is 6.49. The van der Waals surface area contributed by atoms with E-state index in [1.807, 2.05) is 44.5 Å². The number of nitrogens with one attached hydrogen (secondary N) is 1. The molecule has 0 saturated heterocycles. The fourth-order valence-electron chi connectivity index (χ4n) is 7.31. The lowest BCUT2D eigenvalue weighted by atomic mass is 9.61. The highest BCUT2D eigenvalue weighted by Crippen LogP contribution is 2.47. The highest BCUT2D eigenvalue weighted by atomic mass is 32.2. The molecule has 10 nitrogen and oxygen atoms in total. The van der Waals surface area contributed by atoms with Gasteiger partial charge in [0.1, 0.15) is 17.3 Å². The molecule has 2 bridgehead atoms. The maximum absolute atomic E-state index is 14.7. The van der Waals surface area contributed by atoms with E-state index in [4.69, 9.17) is 14.7 Å². The quantitative estimate of drug-likeness (QED) is 0.190. The number of esters is 1. The Morgan fingerprint density at radius 1 is 1.04 bits per heavy atom. The van der Waals surface area contributed by atoms with Crippen molar-refractivity contribution in [2.24, 2.45) is 17.8 Å². The Balaban J connectivity index is 1.41. The molecule has 46 heavy (non-hydrogen) atoms. The zero-order valence-electron chi connectivity index (χ0n) is 26.3. The summed E-state index contributed by atoms with van der Waals surface area (Å²) >= 11 is 0. The minimum Gasteiger partial charge on any atom is -0.466 e. The van der Waals surface area contributed by atoms with Crippen molar-refractivity contribution in [3.8, 4) is 11.4 Å². The smallest absolute Gasteiger partial charge is 0.311 e. The molecule has 5 aromatic rings. The summed E-state index contributed by atoms with van der Waals surface area (Å²) in [4.78, 5) is 27.4. The SMILES string of the molecule is CCOC(=O)[C@@H]1C2CCC(CC2)[C@H]1Nc1nc(-c2cn(S(=O)(=O)c3ccc(C)cc3)c3ncc(F)cc23)nc2c1ccn2C(C)C. The predicted molar refractivity (Wildman–Crippen MR) is 173 cm³/mol. The highest BCUT2D eigenvalue weighted by Gasteiger charge is 2.48. The molecule has 0 unspecified atom stereocenters. The second-order valence-electron chi connectivity index (χ2n) is 12.8. The molecule has 3 fully saturated rings. The van der Waals surface area contributed by atoms with Crippen molar-refractivity contribution in [1.29, 1.82) is 0 Å². The maximum Gasteiger partial charge on any atom is 0.311 e. The van der Waals surface area contributed by atoms with Crippen LogP contribution in [0.4, 0.5) is 10.2 Å². The van der Waals surface area contributed by atoms with Crippen LogP contribution in [0.2, 0.25) is 0 Å². The van der Waals surface area contributed by atoms with E-state index in [2.05, 4.69) is 10.3 Å². The number of ether oxygens (including phenoxy) is 1. The van der Waals surface area contributed by atoms with Crippen LogP contribution in [-0.2, 0) is 19.6 Å². The standard InChI is InChI=1S/C34H37FN6O4S/c1-5-45-34(42)28-21-8-10-22(11-9-21)29(28)37-30-25-14-15-40(19(2)3)33(25)39-31(38-30)27-18-41(32-26(27)16-23(35)17-36-32)46(43,44)24-12-6-20(4)7-13-24/h6-7,12-19,21-22,28-29H,5,8-11H2,1-4H3,(H,37,38,39)/t21?,22?,28-,29-/m1/s1. The van der Waals surface area contributed by atoms with Gasteiger partial charge >= 0.3 is 5.97 Å². The van der Waals surface area contributed by atoms with Gasteiger partial charge in [0.15, 0.2) is 11.5 Å². The van der Waals surface area contributed by atoms with Crippen molar-refractivity contribution in [1.82, 2.24) is 23.5 Å². The van der Waals surface area contributed by atoms with Gasteiger partial charge in [-0.25, -0.2) is 31.7 Å². The molecule has 1 N–H and O–H groups in total. The molecule has 4 aromatic heterocycles. The molecule has 12 heteroatoms. The molecule has 4 heterocycles. The topological polar surface area (TPSA) is 121 Å². The number of benzene rings is 1. The first-order valence-corrected chi connectivity index (χ1v) is 17.3. The average molecular weight is 645 g/mol. The Kier molecular flexibility index (Phi) is 7.57. The number of carbonyl (C=O) groups excluding carboxylic acids is 1. The van der Waals surface area contributed by atoms with Gasteiger partial charge in [-0.2, -0.15) is 0 Å². The molecular weight excluding hydrogens is 607 g/mol. The number of halogens is 1. The molecule has 0 radical (unpaired) electrons. The summed E-state index contributed by atoms with van der Waals surface area (Å²) in [6, 6.07) is 9.63. The molecule has 8 rings (SSSR count). The zero-order valence-corrected chi connectivity index (χ0v) is 27.1. The molecule has 240 valence electrons. The Morgan fingerprint density at radius 3 is 2.46 bits per heavy atom. The maximum atomic E-state index is 14.7. The van der Waals surface area contributed by atoms with Crippen molar-refractivity contribution < 1.29 is 22.3 Å². The van der Waals surface area contributed by atoms with Crippen LogP contribution in [0.5, 0.6) is 0 Å². The Labute approximate surface area is 267 Å². The highest BCUT2D eigenvalue weighted by molar-refractivity contribution is 7.90. The van der Waals surface area contributed by atoms with Crippen molar-refractivity contribution in [3.05, 3.63) is 66.4 Å². The molecule has 0 aliphatic heterocycles. The summed E-state index contributed by atoms with van der Waals surface area (Å²) in [5.41, 5.74) is 1.96. The number of pyridine rings is 1.